The second-order valence-electron chi connectivity index (χ2n) is 9.10. The number of aliphatic hydroxyl groups excluding tert-OH is 1. The van der Waals surface area contributed by atoms with E-state index in [9.17, 15) is 10.2 Å². The van der Waals surface area contributed by atoms with Crippen LogP contribution in [-0.4, -0.2) is 21.9 Å². The van der Waals surface area contributed by atoms with Crippen LogP contribution in [0.25, 0.3) is 0 Å². The zero-order valence-electron chi connectivity index (χ0n) is 14.7. The summed E-state index contributed by atoms with van der Waals surface area (Å²) in [5, 5.41) is 22.5. The van der Waals surface area contributed by atoms with E-state index in [1.165, 1.54) is 5.57 Å². The van der Waals surface area contributed by atoms with Crippen molar-refractivity contribution >= 4 is 0 Å². The molecule has 3 rings (SSSR count). The van der Waals surface area contributed by atoms with Gasteiger partial charge in [-0.05, 0) is 49.9 Å². The first-order valence-electron chi connectivity index (χ1n) is 8.85. The molecule has 0 aromatic carbocycles. The Labute approximate surface area is 135 Å². The first-order valence-corrected chi connectivity index (χ1v) is 8.85. The molecule has 0 saturated heterocycles. The molecule has 0 radical (unpaired) electrons. The quantitative estimate of drug-likeness (QED) is 0.712. The molecule has 0 spiro atoms. The number of aliphatic hydroxyl groups is 2. The van der Waals surface area contributed by atoms with E-state index >= 15 is 0 Å². The first-order chi connectivity index (χ1) is 10.1. The van der Waals surface area contributed by atoms with Crippen LogP contribution in [0, 0.1) is 22.2 Å². The highest BCUT2D eigenvalue weighted by molar-refractivity contribution is 5.30. The summed E-state index contributed by atoms with van der Waals surface area (Å²) in [5.41, 5.74) is 0.180. The lowest BCUT2D eigenvalue weighted by Gasteiger charge is -2.66. The topological polar surface area (TPSA) is 40.5 Å². The minimum Gasteiger partial charge on any atom is -0.392 e. The van der Waals surface area contributed by atoms with E-state index in [0.29, 0.717) is 5.92 Å². The Morgan fingerprint density at radius 3 is 2.45 bits per heavy atom. The van der Waals surface area contributed by atoms with Gasteiger partial charge < -0.3 is 10.2 Å². The summed E-state index contributed by atoms with van der Waals surface area (Å²) >= 11 is 0. The van der Waals surface area contributed by atoms with Crippen molar-refractivity contribution in [2.45, 2.75) is 77.9 Å². The predicted octanol–water partition coefficient (Wildman–Crippen LogP) is 4.23. The molecule has 2 nitrogen and oxygen atoms in total. The van der Waals surface area contributed by atoms with Gasteiger partial charge in [0.2, 0.25) is 0 Å². The van der Waals surface area contributed by atoms with Gasteiger partial charge >= 0.3 is 0 Å². The second kappa shape index (κ2) is 4.70. The van der Waals surface area contributed by atoms with Crippen LogP contribution in [0.5, 0.6) is 0 Å². The molecule has 0 aromatic heterocycles. The number of allylic oxidation sites excluding steroid dienone is 3. The smallest absolute Gasteiger partial charge is 0.0785 e. The maximum absolute atomic E-state index is 11.7. The molecular formula is C20H32O2. The third-order valence-electron chi connectivity index (χ3n) is 7.65. The van der Waals surface area contributed by atoms with E-state index in [2.05, 4.69) is 46.4 Å². The highest BCUT2D eigenvalue weighted by Crippen LogP contribution is 2.65. The molecule has 0 amide bonds. The van der Waals surface area contributed by atoms with Gasteiger partial charge in [0.1, 0.15) is 0 Å². The summed E-state index contributed by atoms with van der Waals surface area (Å²) in [5.74, 6) is 0.300. The minimum absolute atomic E-state index is 0.0762. The molecule has 3 aliphatic carbocycles. The van der Waals surface area contributed by atoms with Crippen molar-refractivity contribution in [2.24, 2.45) is 22.2 Å². The summed E-state index contributed by atoms with van der Waals surface area (Å²) in [6.07, 6.45) is 9.55. The third-order valence-corrected chi connectivity index (χ3v) is 7.65. The van der Waals surface area contributed by atoms with Crippen molar-refractivity contribution < 1.29 is 10.2 Å². The van der Waals surface area contributed by atoms with Gasteiger partial charge in [0.15, 0.2) is 0 Å². The Morgan fingerprint density at radius 1 is 1.14 bits per heavy atom. The molecular weight excluding hydrogens is 272 g/mol. The van der Waals surface area contributed by atoms with Gasteiger partial charge in [0.05, 0.1) is 11.7 Å². The third kappa shape index (κ3) is 1.86. The van der Waals surface area contributed by atoms with Crippen molar-refractivity contribution in [1.82, 2.24) is 0 Å². The minimum atomic E-state index is -0.776. The fourth-order valence-corrected chi connectivity index (χ4v) is 5.79. The molecule has 2 N–H and O–H groups in total. The van der Waals surface area contributed by atoms with Crippen molar-refractivity contribution in [2.75, 3.05) is 0 Å². The van der Waals surface area contributed by atoms with E-state index in [1.54, 1.807) is 0 Å². The van der Waals surface area contributed by atoms with Gasteiger partial charge in [0, 0.05) is 10.8 Å². The Hall–Kier alpha value is -0.600. The molecule has 0 aliphatic heterocycles. The van der Waals surface area contributed by atoms with E-state index in [-0.39, 0.29) is 10.8 Å². The van der Waals surface area contributed by atoms with Crippen molar-refractivity contribution in [1.29, 1.82) is 0 Å². The summed E-state index contributed by atoms with van der Waals surface area (Å²) < 4.78 is 0. The number of hydrogen-bond donors (Lipinski definition) is 2. The standard InChI is InChI=1S/C20H32O2/c1-6-18(4)11-8-15-14(13-18)7-12-20(22)17(2,3)10-9-16(21)19(15,20)5/h6,13,15-16,21-22H,1,7-12H2,2-5H3/t15?,16-,18-,19-,20+/m0/s1. The molecule has 0 aromatic rings. The average Bonchev–Trinajstić information content (AvgIpc) is 2.47. The van der Waals surface area contributed by atoms with Crippen LogP contribution in [-0.2, 0) is 0 Å². The Morgan fingerprint density at radius 2 is 1.82 bits per heavy atom. The Balaban J connectivity index is 2.09. The number of rotatable bonds is 1. The fraction of sp³-hybridized carbons (Fsp3) is 0.800. The molecule has 124 valence electrons. The van der Waals surface area contributed by atoms with Crippen LogP contribution in [0.4, 0.5) is 0 Å². The van der Waals surface area contributed by atoms with Gasteiger partial charge in [0.25, 0.3) is 0 Å². The van der Waals surface area contributed by atoms with Gasteiger partial charge in [-0.2, -0.15) is 0 Å². The lowest BCUT2D eigenvalue weighted by molar-refractivity contribution is -0.255. The number of fused-ring (bicyclic) bond motifs is 3. The molecule has 3 aliphatic rings. The largest absolute Gasteiger partial charge is 0.392 e. The van der Waals surface area contributed by atoms with E-state index in [4.69, 9.17) is 0 Å². The van der Waals surface area contributed by atoms with Crippen LogP contribution >= 0.6 is 0 Å². The van der Waals surface area contributed by atoms with Gasteiger partial charge in [-0.3, -0.25) is 0 Å². The molecule has 22 heavy (non-hydrogen) atoms. The lowest BCUT2D eigenvalue weighted by Crippen LogP contribution is -2.69. The zero-order chi connectivity index (χ0) is 16.4. The summed E-state index contributed by atoms with van der Waals surface area (Å²) in [4.78, 5) is 0. The van der Waals surface area contributed by atoms with Crippen LogP contribution in [0.1, 0.15) is 66.2 Å². The van der Waals surface area contributed by atoms with E-state index < -0.39 is 17.1 Å². The molecule has 0 bridgehead atoms. The highest BCUT2D eigenvalue weighted by Gasteiger charge is 2.66. The normalized spacial score (nSPS) is 50.5. The summed E-state index contributed by atoms with van der Waals surface area (Å²) in [7, 11) is 0. The zero-order valence-corrected chi connectivity index (χ0v) is 14.7. The van der Waals surface area contributed by atoms with Crippen LogP contribution in [0.15, 0.2) is 24.3 Å². The summed E-state index contributed by atoms with van der Waals surface area (Å²) in [6, 6.07) is 0. The van der Waals surface area contributed by atoms with E-state index in [1.807, 2.05) is 0 Å². The first kappa shape index (κ1) is 16.3. The number of hydrogen-bond acceptors (Lipinski definition) is 2. The SMILES string of the molecule is C=C[C@]1(C)C=C2CC[C@@]3(O)C(C)(C)CC[C@H](O)[C@]3(C)C2CC1. The maximum atomic E-state index is 11.7. The van der Waals surface area contributed by atoms with Crippen molar-refractivity contribution in [3.05, 3.63) is 24.3 Å². The Kier molecular flexibility index (Phi) is 3.48. The van der Waals surface area contributed by atoms with Crippen LogP contribution < -0.4 is 0 Å². The molecule has 0 heterocycles. The molecule has 2 fully saturated rings. The van der Waals surface area contributed by atoms with Gasteiger partial charge in [-0.1, -0.05) is 45.4 Å². The molecule has 1 unspecified atom stereocenters. The van der Waals surface area contributed by atoms with Crippen molar-refractivity contribution in [3.8, 4) is 0 Å². The lowest BCUT2D eigenvalue weighted by atomic mass is 9.42. The van der Waals surface area contributed by atoms with Crippen molar-refractivity contribution in [3.63, 3.8) is 0 Å². The second-order valence-corrected chi connectivity index (χ2v) is 9.10. The van der Waals surface area contributed by atoms with Gasteiger partial charge in [-0.25, -0.2) is 0 Å². The monoisotopic (exact) mass is 304 g/mol. The summed E-state index contributed by atoms with van der Waals surface area (Å²) in [6.45, 7) is 12.8. The maximum Gasteiger partial charge on any atom is 0.0785 e. The highest BCUT2D eigenvalue weighted by atomic mass is 16.3. The fourth-order valence-electron chi connectivity index (χ4n) is 5.79. The van der Waals surface area contributed by atoms with Crippen LogP contribution in [0.2, 0.25) is 0 Å². The predicted molar refractivity (Wildman–Crippen MR) is 90.4 cm³/mol. The molecule has 2 saturated carbocycles. The Bertz CT molecular complexity index is 520. The van der Waals surface area contributed by atoms with Gasteiger partial charge in [-0.15, -0.1) is 6.58 Å². The molecule has 5 atom stereocenters. The van der Waals surface area contributed by atoms with Crippen LogP contribution in [0.3, 0.4) is 0 Å². The molecule has 2 heteroatoms. The van der Waals surface area contributed by atoms with E-state index in [0.717, 1.165) is 38.5 Å². The average molecular weight is 304 g/mol.